The van der Waals surface area contributed by atoms with Gasteiger partial charge >= 0.3 is 130 Å². The van der Waals surface area contributed by atoms with Gasteiger partial charge in [-0.25, -0.2) is 0 Å². The first-order valence-electron chi connectivity index (χ1n) is 7.82. The van der Waals surface area contributed by atoms with E-state index >= 15 is 0 Å². The predicted octanol–water partition coefficient (Wildman–Crippen LogP) is 4.98. The normalized spacial score (nSPS) is 14.0. The monoisotopic (exact) mass is 300 g/mol. The van der Waals surface area contributed by atoms with Gasteiger partial charge in [-0.1, -0.05) is 0 Å². The van der Waals surface area contributed by atoms with Gasteiger partial charge in [-0.15, -0.1) is 0 Å². The first kappa shape index (κ1) is 16.2. The van der Waals surface area contributed by atoms with Crippen LogP contribution >= 0.6 is 7.26 Å². The van der Waals surface area contributed by atoms with Crippen molar-refractivity contribution in [3.05, 3.63) is 60.7 Å². The molecule has 0 bridgehead atoms. The van der Waals surface area contributed by atoms with Crippen molar-refractivity contribution in [2.75, 3.05) is 0 Å². The van der Waals surface area contributed by atoms with Gasteiger partial charge in [-0.2, -0.15) is 0 Å². The van der Waals surface area contributed by atoms with Gasteiger partial charge in [0.2, 0.25) is 0 Å². The van der Waals surface area contributed by atoms with Crippen LogP contribution in [-0.2, 0) is 0 Å². The van der Waals surface area contributed by atoms with Crippen molar-refractivity contribution in [3.63, 3.8) is 0 Å². The van der Waals surface area contributed by atoms with E-state index in [0.29, 0.717) is 0 Å². The summed E-state index contributed by atoms with van der Waals surface area (Å²) >= 11 is 0. The zero-order chi connectivity index (χ0) is 15.7. The van der Waals surface area contributed by atoms with Gasteiger partial charge in [0.25, 0.3) is 0 Å². The van der Waals surface area contributed by atoms with E-state index in [1.54, 1.807) is 0 Å². The van der Waals surface area contributed by atoms with Crippen LogP contribution < -0.4 is 10.6 Å². The van der Waals surface area contributed by atoms with Crippen LogP contribution in [0.3, 0.4) is 0 Å². The quantitative estimate of drug-likeness (QED) is 0.686. The molecule has 0 unspecified atom stereocenters. The van der Waals surface area contributed by atoms with Crippen LogP contribution in [0.4, 0.5) is 0 Å². The molecule has 0 aromatic heterocycles. The summed E-state index contributed by atoms with van der Waals surface area (Å²) in [4.78, 5) is 0. The summed E-state index contributed by atoms with van der Waals surface area (Å²) in [6.07, 6.45) is 0. The number of rotatable bonds is 2. The van der Waals surface area contributed by atoms with Crippen LogP contribution in [0.1, 0.15) is 41.5 Å². The van der Waals surface area contributed by atoms with Crippen LogP contribution in [0, 0.1) is 0 Å². The fourth-order valence-corrected chi connectivity index (χ4v) is 11.8. The molecule has 0 N–H and O–H groups in total. The van der Waals surface area contributed by atoms with Crippen molar-refractivity contribution in [3.8, 4) is 0 Å². The van der Waals surface area contributed by atoms with Crippen molar-refractivity contribution in [2.45, 2.75) is 51.9 Å². The van der Waals surface area contributed by atoms with Gasteiger partial charge in [0.15, 0.2) is 0 Å². The van der Waals surface area contributed by atoms with E-state index < -0.39 is 7.26 Å². The molecule has 0 saturated heterocycles. The van der Waals surface area contributed by atoms with Crippen molar-refractivity contribution < 1.29 is 0 Å². The van der Waals surface area contributed by atoms with Gasteiger partial charge in [-0.05, 0) is 0 Å². The molecule has 0 aliphatic carbocycles. The number of hydrogen-bond acceptors (Lipinski definition) is 0. The summed E-state index contributed by atoms with van der Waals surface area (Å²) < 4.78 is 0. The Morgan fingerprint density at radius 2 is 0.810 bits per heavy atom. The second-order valence-electron chi connectivity index (χ2n) is 7.98. The summed E-state index contributed by atoms with van der Waals surface area (Å²) in [6, 6.07) is 22.4. The van der Waals surface area contributed by atoms with Gasteiger partial charge in [0, 0.05) is 0 Å². The second-order valence-corrected chi connectivity index (χ2v) is 13.6. The molecule has 21 heavy (non-hydrogen) atoms. The van der Waals surface area contributed by atoms with E-state index in [-0.39, 0.29) is 10.3 Å². The Kier molecular flexibility index (Phi) is 4.31. The first-order valence-corrected chi connectivity index (χ1v) is 9.82. The Balaban J connectivity index is 2.87. The van der Waals surface area contributed by atoms with Crippen LogP contribution in [0.2, 0.25) is 0 Å². The van der Waals surface area contributed by atoms with E-state index in [2.05, 4.69) is 102 Å². The molecule has 1 heteroatoms. The fraction of sp³-hybridized carbons (Fsp3) is 0.400. The molecular weight excluding hydrogens is 271 g/mol. The third-order valence-corrected chi connectivity index (χ3v) is 11.6. The Labute approximate surface area is 130 Å². The topological polar surface area (TPSA) is 0 Å². The molecule has 114 valence electrons. The number of benzene rings is 2. The maximum atomic E-state index is 2.42. The second kappa shape index (κ2) is 5.58. The van der Waals surface area contributed by atoms with Gasteiger partial charge < -0.3 is 0 Å². The molecule has 0 fully saturated rings. The third kappa shape index (κ3) is 2.67. The Morgan fingerprint density at radius 3 is 1.05 bits per heavy atom. The van der Waals surface area contributed by atoms with Crippen molar-refractivity contribution in [2.24, 2.45) is 0 Å². The van der Waals surface area contributed by atoms with E-state index in [1.807, 2.05) is 0 Å². The SMILES string of the molecule is CC(C)(C)[PH](c1ccccc1)(c1ccccc1)C(C)(C)C. The average Bonchev–Trinajstić information content (AvgIpc) is 2.38. The molecular formula is C20H29P. The molecule has 0 amide bonds. The molecule has 0 heterocycles. The minimum atomic E-state index is -1.95. The van der Waals surface area contributed by atoms with Gasteiger partial charge in [0.1, 0.15) is 0 Å². The Morgan fingerprint density at radius 1 is 0.524 bits per heavy atom. The molecule has 2 aromatic carbocycles. The van der Waals surface area contributed by atoms with Crippen LogP contribution in [0.25, 0.3) is 0 Å². The van der Waals surface area contributed by atoms with Gasteiger partial charge in [0.05, 0.1) is 0 Å². The molecule has 2 rings (SSSR count). The average molecular weight is 300 g/mol. The number of hydrogen-bond donors (Lipinski definition) is 0. The molecule has 2 aromatic rings. The Hall–Kier alpha value is -1.13. The molecule has 0 aliphatic rings. The van der Waals surface area contributed by atoms with Crippen LogP contribution in [-0.4, -0.2) is 10.3 Å². The fourth-order valence-electron chi connectivity index (χ4n) is 4.40. The zero-order valence-corrected chi connectivity index (χ0v) is 15.3. The summed E-state index contributed by atoms with van der Waals surface area (Å²) in [5.74, 6) is 0. The van der Waals surface area contributed by atoms with E-state index in [1.165, 1.54) is 10.6 Å². The molecule has 0 spiro atoms. The van der Waals surface area contributed by atoms with E-state index in [0.717, 1.165) is 0 Å². The molecule has 0 saturated carbocycles. The molecule has 0 aliphatic heterocycles. The molecule has 0 nitrogen and oxygen atoms in total. The minimum absolute atomic E-state index is 0.244. The van der Waals surface area contributed by atoms with E-state index in [4.69, 9.17) is 0 Å². The predicted molar refractivity (Wildman–Crippen MR) is 100.0 cm³/mol. The standard InChI is InChI=1S/C20H29P/c1-19(2,3)21(20(4,5)6,17-13-9-7-10-14-17)18-15-11-8-12-16-18/h7-16,21H,1-6H3. The summed E-state index contributed by atoms with van der Waals surface area (Å²) in [5.41, 5.74) is 0. The summed E-state index contributed by atoms with van der Waals surface area (Å²) in [7, 11) is -1.95. The third-order valence-electron chi connectivity index (χ3n) is 4.66. The van der Waals surface area contributed by atoms with Crippen LogP contribution in [0.5, 0.6) is 0 Å². The summed E-state index contributed by atoms with van der Waals surface area (Å²) in [6.45, 7) is 14.5. The maximum absolute atomic E-state index is 2.42. The molecule has 0 atom stereocenters. The summed E-state index contributed by atoms with van der Waals surface area (Å²) in [5, 5.41) is 3.56. The zero-order valence-electron chi connectivity index (χ0n) is 14.3. The van der Waals surface area contributed by atoms with Gasteiger partial charge in [-0.3, -0.25) is 0 Å². The van der Waals surface area contributed by atoms with Crippen molar-refractivity contribution in [1.82, 2.24) is 0 Å². The van der Waals surface area contributed by atoms with Crippen LogP contribution in [0.15, 0.2) is 60.7 Å². The van der Waals surface area contributed by atoms with Crippen molar-refractivity contribution >= 4 is 17.9 Å². The van der Waals surface area contributed by atoms with E-state index in [9.17, 15) is 0 Å². The Bertz CT molecular complexity index is 515. The molecule has 0 radical (unpaired) electrons. The first-order chi connectivity index (χ1) is 9.71. The van der Waals surface area contributed by atoms with Crippen molar-refractivity contribution in [1.29, 1.82) is 0 Å².